The number of hydrogen-bond acceptors (Lipinski definition) is 2. The standard InChI is InChI=1S/C15H25FN2/c1-4-10-18(5-2)11-12(3)15(17)13-8-6-7-9-14(13)16/h6-9,12,15H,4-5,10-11,17H2,1-3H3. The first-order valence-electron chi connectivity index (χ1n) is 6.82. The van der Waals surface area contributed by atoms with Crippen molar-refractivity contribution in [2.75, 3.05) is 19.6 Å². The summed E-state index contributed by atoms with van der Waals surface area (Å²) >= 11 is 0. The third-order valence-electron chi connectivity index (χ3n) is 3.41. The fourth-order valence-corrected chi connectivity index (χ4v) is 2.27. The molecule has 0 aliphatic rings. The van der Waals surface area contributed by atoms with Crippen LogP contribution in [0.4, 0.5) is 4.39 Å². The van der Waals surface area contributed by atoms with Crippen molar-refractivity contribution in [2.45, 2.75) is 33.2 Å². The van der Waals surface area contributed by atoms with E-state index in [-0.39, 0.29) is 17.8 Å². The molecular formula is C15H25FN2. The van der Waals surface area contributed by atoms with Gasteiger partial charge in [-0.25, -0.2) is 4.39 Å². The van der Waals surface area contributed by atoms with Crippen LogP contribution < -0.4 is 5.73 Å². The number of halogens is 1. The van der Waals surface area contributed by atoms with Crippen molar-refractivity contribution in [3.63, 3.8) is 0 Å². The van der Waals surface area contributed by atoms with E-state index in [0.29, 0.717) is 5.56 Å². The average molecular weight is 252 g/mol. The largest absolute Gasteiger partial charge is 0.324 e. The zero-order valence-electron chi connectivity index (χ0n) is 11.7. The Morgan fingerprint density at radius 2 is 1.94 bits per heavy atom. The molecule has 102 valence electrons. The van der Waals surface area contributed by atoms with E-state index < -0.39 is 0 Å². The minimum absolute atomic E-state index is 0.199. The molecule has 1 aromatic rings. The summed E-state index contributed by atoms with van der Waals surface area (Å²) in [7, 11) is 0. The molecule has 2 N–H and O–H groups in total. The summed E-state index contributed by atoms with van der Waals surface area (Å²) in [6.07, 6.45) is 1.13. The molecule has 0 amide bonds. The van der Waals surface area contributed by atoms with Gasteiger partial charge in [-0.15, -0.1) is 0 Å². The molecule has 0 bridgehead atoms. The topological polar surface area (TPSA) is 29.3 Å². The normalized spacial score (nSPS) is 14.8. The Morgan fingerprint density at radius 3 is 2.50 bits per heavy atom. The van der Waals surface area contributed by atoms with Crippen LogP contribution in [-0.2, 0) is 0 Å². The van der Waals surface area contributed by atoms with Crippen molar-refractivity contribution >= 4 is 0 Å². The summed E-state index contributed by atoms with van der Waals surface area (Å²) in [5.41, 5.74) is 6.79. The monoisotopic (exact) mass is 252 g/mol. The lowest BCUT2D eigenvalue weighted by Crippen LogP contribution is -2.34. The molecule has 0 spiro atoms. The van der Waals surface area contributed by atoms with Gasteiger partial charge in [-0.3, -0.25) is 0 Å². The summed E-state index contributed by atoms with van der Waals surface area (Å²) in [4.78, 5) is 2.37. The molecule has 0 aliphatic heterocycles. The first-order valence-corrected chi connectivity index (χ1v) is 6.82. The molecule has 0 radical (unpaired) electrons. The quantitative estimate of drug-likeness (QED) is 0.807. The molecule has 0 saturated carbocycles. The summed E-state index contributed by atoms with van der Waals surface area (Å²) in [6, 6.07) is 6.57. The fraction of sp³-hybridized carbons (Fsp3) is 0.600. The maximum Gasteiger partial charge on any atom is 0.127 e. The van der Waals surface area contributed by atoms with Gasteiger partial charge in [-0.05, 0) is 31.5 Å². The van der Waals surface area contributed by atoms with Gasteiger partial charge in [0, 0.05) is 18.2 Å². The summed E-state index contributed by atoms with van der Waals surface area (Å²) in [6.45, 7) is 9.42. The zero-order chi connectivity index (χ0) is 13.5. The van der Waals surface area contributed by atoms with Gasteiger partial charge in [0.15, 0.2) is 0 Å². The van der Waals surface area contributed by atoms with E-state index in [0.717, 1.165) is 26.1 Å². The predicted molar refractivity (Wildman–Crippen MR) is 74.9 cm³/mol. The van der Waals surface area contributed by atoms with E-state index in [9.17, 15) is 4.39 Å². The highest BCUT2D eigenvalue weighted by atomic mass is 19.1. The summed E-state index contributed by atoms with van der Waals surface area (Å²) < 4.78 is 13.7. The average Bonchev–Trinajstić information content (AvgIpc) is 2.37. The predicted octanol–water partition coefficient (Wildman–Crippen LogP) is 3.19. The highest BCUT2D eigenvalue weighted by Crippen LogP contribution is 2.22. The second-order valence-corrected chi connectivity index (χ2v) is 4.92. The van der Waals surface area contributed by atoms with Gasteiger partial charge in [-0.2, -0.15) is 0 Å². The third-order valence-corrected chi connectivity index (χ3v) is 3.41. The van der Waals surface area contributed by atoms with Gasteiger partial charge >= 0.3 is 0 Å². The lowest BCUT2D eigenvalue weighted by Gasteiger charge is -2.27. The molecule has 2 atom stereocenters. The van der Waals surface area contributed by atoms with E-state index in [1.54, 1.807) is 12.1 Å². The van der Waals surface area contributed by atoms with Gasteiger partial charge in [0.25, 0.3) is 0 Å². The molecule has 0 saturated heterocycles. The van der Waals surface area contributed by atoms with Crippen LogP contribution >= 0.6 is 0 Å². The molecule has 2 unspecified atom stereocenters. The molecule has 1 aromatic carbocycles. The van der Waals surface area contributed by atoms with Crippen LogP contribution in [0, 0.1) is 11.7 Å². The van der Waals surface area contributed by atoms with E-state index in [2.05, 4.69) is 25.7 Å². The van der Waals surface area contributed by atoms with E-state index >= 15 is 0 Å². The molecular weight excluding hydrogens is 227 g/mol. The van der Waals surface area contributed by atoms with Gasteiger partial charge in [-0.1, -0.05) is 39.0 Å². The number of hydrogen-bond donors (Lipinski definition) is 1. The van der Waals surface area contributed by atoms with Crippen LogP contribution in [0.5, 0.6) is 0 Å². The highest BCUT2D eigenvalue weighted by molar-refractivity contribution is 5.21. The van der Waals surface area contributed by atoms with Crippen molar-refractivity contribution in [3.05, 3.63) is 35.6 Å². The molecule has 0 fully saturated rings. The molecule has 3 heteroatoms. The SMILES string of the molecule is CCCN(CC)CC(C)C(N)c1ccccc1F. The number of rotatable bonds is 7. The zero-order valence-corrected chi connectivity index (χ0v) is 11.7. The van der Waals surface area contributed by atoms with E-state index in [1.165, 1.54) is 6.07 Å². The minimum Gasteiger partial charge on any atom is -0.324 e. The van der Waals surface area contributed by atoms with Crippen LogP contribution in [-0.4, -0.2) is 24.5 Å². The van der Waals surface area contributed by atoms with Crippen LogP contribution in [0.15, 0.2) is 24.3 Å². The molecule has 2 nitrogen and oxygen atoms in total. The van der Waals surface area contributed by atoms with Gasteiger partial charge in [0.1, 0.15) is 5.82 Å². The Kier molecular flexibility index (Phi) is 6.30. The second-order valence-electron chi connectivity index (χ2n) is 4.92. The molecule has 1 rings (SSSR count). The fourth-order valence-electron chi connectivity index (χ4n) is 2.27. The Balaban J connectivity index is 2.66. The molecule has 0 aliphatic carbocycles. The smallest absolute Gasteiger partial charge is 0.127 e. The van der Waals surface area contributed by atoms with Crippen LogP contribution in [0.25, 0.3) is 0 Å². The van der Waals surface area contributed by atoms with Crippen molar-refractivity contribution in [3.8, 4) is 0 Å². The van der Waals surface area contributed by atoms with Crippen molar-refractivity contribution < 1.29 is 4.39 Å². The Morgan fingerprint density at radius 1 is 1.28 bits per heavy atom. The molecule has 0 heterocycles. The molecule has 0 aromatic heterocycles. The van der Waals surface area contributed by atoms with E-state index in [4.69, 9.17) is 5.73 Å². The lowest BCUT2D eigenvalue weighted by atomic mass is 9.94. The molecule has 18 heavy (non-hydrogen) atoms. The van der Waals surface area contributed by atoms with Crippen molar-refractivity contribution in [1.82, 2.24) is 4.90 Å². The van der Waals surface area contributed by atoms with Crippen LogP contribution in [0.3, 0.4) is 0 Å². The lowest BCUT2D eigenvalue weighted by molar-refractivity contribution is 0.231. The maximum absolute atomic E-state index is 13.7. The van der Waals surface area contributed by atoms with E-state index in [1.807, 2.05) is 6.07 Å². The number of nitrogens with zero attached hydrogens (tertiary/aromatic N) is 1. The number of nitrogens with two attached hydrogens (primary N) is 1. The Bertz CT molecular complexity index is 354. The third kappa shape index (κ3) is 4.07. The van der Waals surface area contributed by atoms with Gasteiger partial charge in [0.05, 0.1) is 0 Å². The first-order chi connectivity index (χ1) is 8.60. The van der Waals surface area contributed by atoms with Crippen LogP contribution in [0.1, 0.15) is 38.8 Å². The second kappa shape index (κ2) is 7.49. The Labute approximate surface area is 110 Å². The summed E-state index contributed by atoms with van der Waals surface area (Å²) in [5, 5.41) is 0. The van der Waals surface area contributed by atoms with Crippen molar-refractivity contribution in [1.29, 1.82) is 0 Å². The maximum atomic E-state index is 13.7. The highest BCUT2D eigenvalue weighted by Gasteiger charge is 2.19. The summed E-state index contributed by atoms with van der Waals surface area (Å²) in [5.74, 6) is 0.0452. The first kappa shape index (κ1) is 15.1. The minimum atomic E-state index is -0.239. The Hall–Kier alpha value is -0.930. The number of benzene rings is 1. The van der Waals surface area contributed by atoms with Gasteiger partial charge < -0.3 is 10.6 Å². The van der Waals surface area contributed by atoms with Gasteiger partial charge in [0.2, 0.25) is 0 Å². The van der Waals surface area contributed by atoms with Crippen molar-refractivity contribution in [2.24, 2.45) is 11.7 Å². The van der Waals surface area contributed by atoms with Crippen LogP contribution in [0.2, 0.25) is 0 Å².